The van der Waals surface area contributed by atoms with Crippen LogP contribution in [0.4, 0.5) is 11.6 Å². The minimum absolute atomic E-state index is 0.0838. The molecule has 3 rings (SSSR count). The topological polar surface area (TPSA) is 119 Å². The van der Waals surface area contributed by atoms with Gasteiger partial charge in [-0.3, -0.25) is 14.4 Å². The van der Waals surface area contributed by atoms with Crippen molar-refractivity contribution in [2.75, 3.05) is 21.9 Å². The maximum Gasteiger partial charge on any atom is 0.338 e. The molecule has 0 aliphatic carbocycles. The van der Waals surface area contributed by atoms with Crippen LogP contribution in [-0.4, -0.2) is 48.7 Å². The molecule has 1 unspecified atom stereocenters. The lowest BCUT2D eigenvalue weighted by Crippen LogP contribution is -2.30. The van der Waals surface area contributed by atoms with E-state index in [-0.39, 0.29) is 17.3 Å². The smallest absolute Gasteiger partial charge is 0.338 e. The molecule has 10 heteroatoms. The Morgan fingerprint density at radius 1 is 1.22 bits per heavy atom. The minimum Gasteiger partial charge on any atom is -0.449 e. The van der Waals surface area contributed by atoms with Gasteiger partial charge in [-0.2, -0.15) is 0 Å². The lowest BCUT2D eigenvalue weighted by molar-refractivity contribution is -0.123. The Bertz CT molecular complexity index is 949. The monoisotopic (exact) mass is 390 g/mol. The molecule has 0 spiro atoms. The third-order valence-electron chi connectivity index (χ3n) is 3.92. The van der Waals surface area contributed by atoms with Gasteiger partial charge in [0, 0.05) is 18.9 Å². The second kappa shape index (κ2) is 7.70. The molecule has 1 saturated heterocycles. The summed E-state index contributed by atoms with van der Waals surface area (Å²) in [4.78, 5) is 32.1. The Labute approximate surface area is 156 Å². The number of benzene rings is 1. The number of esters is 1. The maximum atomic E-state index is 12.3. The summed E-state index contributed by atoms with van der Waals surface area (Å²) in [5.41, 5.74) is 0.557. The molecule has 9 nitrogen and oxygen atoms in total. The molecule has 142 valence electrons. The van der Waals surface area contributed by atoms with Gasteiger partial charge in [0.25, 0.3) is 5.91 Å². The standard InChI is InChI=1S/C17H18N4O5S/c1-12(15(22)20-17-18-7-3-8-19-17)26-16(23)13-5-2-6-14(11-13)21-9-4-10-27(21,24)25/h2-3,5-8,11-12H,4,9-10H2,1H3,(H,18,19,20,22). The third-order valence-corrected chi connectivity index (χ3v) is 5.79. The van der Waals surface area contributed by atoms with Gasteiger partial charge in [-0.05, 0) is 37.6 Å². The van der Waals surface area contributed by atoms with Gasteiger partial charge in [0.2, 0.25) is 16.0 Å². The highest BCUT2D eigenvalue weighted by atomic mass is 32.2. The molecular formula is C17H18N4O5S. The molecular weight excluding hydrogens is 372 g/mol. The Morgan fingerprint density at radius 2 is 1.96 bits per heavy atom. The molecule has 27 heavy (non-hydrogen) atoms. The lowest BCUT2D eigenvalue weighted by atomic mass is 10.2. The number of hydrogen-bond donors (Lipinski definition) is 1. The van der Waals surface area contributed by atoms with E-state index in [1.165, 1.54) is 35.8 Å². The summed E-state index contributed by atoms with van der Waals surface area (Å²) in [5.74, 6) is -1.12. The first-order valence-corrected chi connectivity index (χ1v) is 9.87. The summed E-state index contributed by atoms with van der Waals surface area (Å²) in [6.45, 7) is 1.79. The van der Waals surface area contributed by atoms with Crippen molar-refractivity contribution in [2.45, 2.75) is 19.4 Å². The molecule has 1 amide bonds. The van der Waals surface area contributed by atoms with Crippen molar-refractivity contribution in [3.05, 3.63) is 48.3 Å². The molecule has 1 aliphatic heterocycles. The molecule has 2 aromatic rings. The Hall–Kier alpha value is -3.01. The fourth-order valence-corrected chi connectivity index (χ4v) is 4.13. The van der Waals surface area contributed by atoms with Crippen LogP contribution < -0.4 is 9.62 Å². The normalized spacial score (nSPS) is 16.6. The van der Waals surface area contributed by atoms with Gasteiger partial charge in [0.1, 0.15) is 0 Å². The molecule has 0 saturated carbocycles. The number of aromatic nitrogens is 2. The molecule has 0 bridgehead atoms. The van der Waals surface area contributed by atoms with Crippen molar-refractivity contribution in [1.82, 2.24) is 9.97 Å². The third kappa shape index (κ3) is 4.40. The summed E-state index contributed by atoms with van der Waals surface area (Å²) in [7, 11) is -3.35. The van der Waals surface area contributed by atoms with Crippen LogP contribution in [0, 0.1) is 0 Å². The highest BCUT2D eigenvalue weighted by Crippen LogP contribution is 2.25. The number of carbonyl (C=O) groups is 2. The van der Waals surface area contributed by atoms with Crippen LogP contribution in [0.5, 0.6) is 0 Å². The van der Waals surface area contributed by atoms with Gasteiger partial charge in [-0.25, -0.2) is 23.2 Å². The molecule has 1 fully saturated rings. The molecule has 1 aromatic carbocycles. The second-order valence-electron chi connectivity index (χ2n) is 5.90. The molecule has 1 aromatic heterocycles. The van der Waals surface area contributed by atoms with E-state index < -0.39 is 28.0 Å². The predicted molar refractivity (Wildman–Crippen MR) is 97.7 cm³/mol. The van der Waals surface area contributed by atoms with Crippen molar-refractivity contribution in [2.24, 2.45) is 0 Å². The molecule has 2 heterocycles. The van der Waals surface area contributed by atoms with Crippen molar-refractivity contribution in [3.8, 4) is 0 Å². The highest BCUT2D eigenvalue weighted by molar-refractivity contribution is 7.93. The summed E-state index contributed by atoms with van der Waals surface area (Å²) in [6.07, 6.45) is 2.39. The number of sulfonamides is 1. The SMILES string of the molecule is CC(OC(=O)c1cccc(N2CCCS2(=O)=O)c1)C(=O)Nc1ncccn1. The first-order valence-electron chi connectivity index (χ1n) is 8.26. The molecule has 1 N–H and O–H groups in total. The number of anilines is 2. The van der Waals surface area contributed by atoms with Crippen LogP contribution in [0.3, 0.4) is 0 Å². The second-order valence-corrected chi connectivity index (χ2v) is 7.91. The van der Waals surface area contributed by atoms with Gasteiger partial charge >= 0.3 is 5.97 Å². The van der Waals surface area contributed by atoms with Gasteiger partial charge in [0.15, 0.2) is 6.10 Å². The van der Waals surface area contributed by atoms with E-state index in [9.17, 15) is 18.0 Å². The largest absolute Gasteiger partial charge is 0.449 e. The Morgan fingerprint density at radius 3 is 2.63 bits per heavy atom. The molecule has 1 aliphatic rings. The summed E-state index contributed by atoms with van der Waals surface area (Å²) in [5, 5.41) is 2.44. The zero-order valence-electron chi connectivity index (χ0n) is 14.5. The summed E-state index contributed by atoms with van der Waals surface area (Å²) >= 11 is 0. The number of nitrogens with one attached hydrogen (secondary N) is 1. The van der Waals surface area contributed by atoms with Gasteiger partial charge in [-0.15, -0.1) is 0 Å². The molecule has 1 atom stereocenters. The lowest BCUT2D eigenvalue weighted by Gasteiger charge is -2.18. The fourth-order valence-electron chi connectivity index (χ4n) is 2.58. The van der Waals surface area contributed by atoms with E-state index in [1.807, 2.05) is 0 Å². The number of amides is 1. The number of carbonyl (C=O) groups excluding carboxylic acids is 2. The van der Waals surface area contributed by atoms with E-state index in [1.54, 1.807) is 18.2 Å². The van der Waals surface area contributed by atoms with Crippen molar-refractivity contribution < 1.29 is 22.7 Å². The highest BCUT2D eigenvalue weighted by Gasteiger charge is 2.29. The van der Waals surface area contributed by atoms with Crippen LogP contribution in [0.15, 0.2) is 42.7 Å². The van der Waals surface area contributed by atoms with Gasteiger partial charge < -0.3 is 4.74 Å². The van der Waals surface area contributed by atoms with Crippen molar-refractivity contribution >= 4 is 33.5 Å². The van der Waals surface area contributed by atoms with E-state index in [0.29, 0.717) is 18.7 Å². The zero-order chi connectivity index (χ0) is 19.4. The van der Waals surface area contributed by atoms with Crippen LogP contribution >= 0.6 is 0 Å². The minimum atomic E-state index is -3.35. The number of rotatable bonds is 5. The first kappa shape index (κ1) is 18.8. The van der Waals surface area contributed by atoms with E-state index in [0.717, 1.165) is 0 Å². The van der Waals surface area contributed by atoms with E-state index in [2.05, 4.69) is 15.3 Å². The number of ether oxygens (including phenoxy) is 1. The molecule has 0 radical (unpaired) electrons. The fraction of sp³-hybridized carbons (Fsp3) is 0.294. The summed E-state index contributed by atoms with van der Waals surface area (Å²) in [6, 6.07) is 7.73. The van der Waals surface area contributed by atoms with Crippen LogP contribution in [0.25, 0.3) is 0 Å². The Kier molecular flexibility index (Phi) is 5.36. The Balaban J connectivity index is 1.67. The van der Waals surface area contributed by atoms with Crippen LogP contribution in [-0.2, 0) is 19.6 Å². The van der Waals surface area contributed by atoms with Gasteiger partial charge in [0.05, 0.1) is 17.0 Å². The summed E-state index contributed by atoms with van der Waals surface area (Å²) < 4.78 is 30.5. The quantitative estimate of drug-likeness (QED) is 0.762. The number of hydrogen-bond acceptors (Lipinski definition) is 7. The average Bonchev–Trinajstić information content (AvgIpc) is 3.01. The van der Waals surface area contributed by atoms with E-state index in [4.69, 9.17) is 4.74 Å². The average molecular weight is 390 g/mol. The predicted octanol–water partition coefficient (Wildman–Crippen LogP) is 1.20. The van der Waals surface area contributed by atoms with E-state index >= 15 is 0 Å². The zero-order valence-corrected chi connectivity index (χ0v) is 15.3. The van der Waals surface area contributed by atoms with Crippen LogP contribution in [0.2, 0.25) is 0 Å². The van der Waals surface area contributed by atoms with Crippen LogP contribution in [0.1, 0.15) is 23.7 Å². The van der Waals surface area contributed by atoms with Crippen molar-refractivity contribution in [1.29, 1.82) is 0 Å². The van der Waals surface area contributed by atoms with Crippen molar-refractivity contribution in [3.63, 3.8) is 0 Å². The number of nitrogens with zero attached hydrogens (tertiary/aromatic N) is 3. The van der Waals surface area contributed by atoms with Gasteiger partial charge in [-0.1, -0.05) is 6.07 Å². The maximum absolute atomic E-state index is 12.3. The first-order chi connectivity index (χ1) is 12.9.